The first-order valence-electron chi connectivity index (χ1n) is 4.85. The molecule has 0 heterocycles. The van der Waals surface area contributed by atoms with Crippen molar-refractivity contribution in [2.75, 3.05) is 16.4 Å². The zero-order valence-electron chi connectivity index (χ0n) is 9.08. The number of sulfonamides is 1. The van der Waals surface area contributed by atoms with E-state index >= 15 is 0 Å². The maximum absolute atomic E-state index is 13.2. The van der Waals surface area contributed by atoms with Crippen molar-refractivity contribution < 1.29 is 17.2 Å². The van der Waals surface area contributed by atoms with E-state index in [4.69, 9.17) is 11.6 Å². The smallest absolute Gasteiger partial charge is 0.233 e. The van der Waals surface area contributed by atoms with Crippen LogP contribution < -0.4 is 4.72 Å². The van der Waals surface area contributed by atoms with Crippen LogP contribution in [0.25, 0.3) is 0 Å². The number of benzene rings is 1. The minimum atomic E-state index is -3.73. The van der Waals surface area contributed by atoms with Crippen LogP contribution in [0.4, 0.5) is 14.5 Å². The molecule has 0 aromatic heterocycles. The average molecular weight is 284 g/mol. The summed E-state index contributed by atoms with van der Waals surface area (Å²) in [6, 6.07) is 2.56. The molecule has 17 heavy (non-hydrogen) atoms. The minimum absolute atomic E-state index is 0.173. The van der Waals surface area contributed by atoms with Gasteiger partial charge in [-0.05, 0) is 18.1 Å². The third-order valence-electron chi connectivity index (χ3n) is 1.96. The zero-order valence-corrected chi connectivity index (χ0v) is 10.7. The highest BCUT2D eigenvalue weighted by Crippen LogP contribution is 2.17. The molecule has 1 unspecified atom stereocenters. The number of hydrogen-bond acceptors (Lipinski definition) is 2. The Bertz CT molecular complexity index is 493. The van der Waals surface area contributed by atoms with Crippen LogP contribution in [-0.4, -0.2) is 20.1 Å². The van der Waals surface area contributed by atoms with E-state index in [0.29, 0.717) is 0 Å². The Morgan fingerprint density at radius 3 is 2.65 bits per heavy atom. The monoisotopic (exact) mass is 283 g/mol. The van der Waals surface area contributed by atoms with Crippen LogP contribution in [0.1, 0.15) is 6.92 Å². The molecule has 0 aliphatic heterocycles. The molecule has 0 bridgehead atoms. The van der Waals surface area contributed by atoms with Crippen molar-refractivity contribution in [1.29, 1.82) is 0 Å². The highest BCUT2D eigenvalue weighted by Gasteiger charge is 2.17. The van der Waals surface area contributed by atoms with Crippen LogP contribution >= 0.6 is 11.6 Å². The molecule has 0 saturated carbocycles. The lowest BCUT2D eigenvalue weighted by Gasteiger charge is -2.11. The second-order valence-corrected chi connectivity index (χ2v) is 5.84. The van der Waals surface area contributed by atoms with E-state index in [2.05, 4.69) is 0 Å². The van der Waals surface area contributed by atoms with Gasteiger partial charge < -0.3 is 0 Å². The Kier molecular flexibility index (Phi) is 4.70. The molecule has 0 radical (unpaired) electrons. The standard InChI is InChI=1S/C10H12ClF2NO2S/c1-7(5-11)6-17(15,16)14-10-4-8(12)2-3-9(10)13/h2-4,7,14H,5-6H2,1H3. The Labute approximate surface area is 104 Å². The summed E-state index contributed by atoms with van der Waals surface area (Å²) in [5.41, 5.74) is -0.397. The molecule has 1 aromatic carbocycles. The lowest BCUT2D eigenvalue weighted by atomic mass is 10.3. The quantitative estimate of drug-likeness (QED) is 0.844. The highest BCUT2D eigenvalue weighted by atomic mass is 35.5. The van der Waals surface area contributed by atoms with Gasteiger partial charge in [0.25, 0.3) is 0 Å². The topological polar surface area (TPSA) is 46.2 Å². The summed E-state index contributed by atoms with van der Waals surface area (Å²) >= 11 is 5.49. The van der Waals surface area contributed by atoms with Gasteiger partial charge in [-0.15, -0.1) is 11.6 Å². The predicted molar refractivity (Wildman–Crippen MR) is 63.7 cm³/mol. The van der Waals surface area contributed by atoms with Gasteiger partial charge in [-0.2, -0.15) is 0 Å². The molecule has 0 amide bonds. The molecular formula is C10H12ClF2NO2S. The van der Waals surface area contributed by atoms with Crippen molar-refractivity contribution in [3.63, 3.8) is 0 Å². The van der Waals surface area contributed by atoms with Gasteiger partial charge in [-0.1, -0.05) is 6.92 Å². The molecule has 0 aliphatic carbocycles. The van der Waals surface area contributed by atoms with Crippen LogP contribution in [-0.2, 0) is 10.0 Å². The van der Waals surface area contributed by atoms with Crippen LogP contribution in [0.3, 0.4) is 0 Å². The zero-order chi connectivity index (χ0) is 13.1. The van der Waals surface area contributed by atoms with Gasteiger partial charge in [0.1, 0.15) is 11.6 Å². The molecule has 1 atom stereocenters. The van der Waals surface area contributed by atoms with Crippen LogP contribution in [0.5, 0.6) is 0 Å². The summed E-state index contributed by atoms with van der Waals surface area (Å²) in [5, 5.41) is 0. The fourth-order valence-corrected chi connectivity index (χ4v) is 2.88. The number of hydrogen-bond donors (Lipinski definition) is 1. The third-order valence-corrected chi connectivity index (χ3v) is 4.03. The molecule has 0 aliphatic rings. The van der Waals surface area contributed by atoms with Gasteiger partial charge in [-0.3, -0.25) is 4.72 Å². The normalized spacial score (nSPS) is 13.4. The van der Waals surface area contributed by atoms with Crippen molar-refractivity contribution in [2.24, 2.45) is 5.92 Å². The molecule has 3 nitrogen and oxygen atoms in total. The number of anilines is 1. The van der Waals surface area contributed by atoms with E-state index in [0.717, 1.165) is 18.2 Å². The molecule has 0 spiro atoms. The molecule has 1 rings (SSSR count). The fraction of sp³-hybridized carbons (Fsp3) is 0.400. The van der Waals surface area contributed by atoms with Crippen molar-refractivity contribution in [3.05, 3.63) is 29.8 Å². The Hall–Kier alpha value is -0.880. The van der Waals surface area contributed by atoms with E-state index in [-0.39, 0.29) is 17.6 Å². The van der Waals surface area contributed by atoms with Gasteiger partial charge in [0.2, 0.25) is 10.0 Å². The summed E-state index contributed by atoms with van der Waals surface area (Å²) in [4.78, 5) is 0. The second kappa shape index (κ2) is 5.64. The number of nitrogens with one attached hydrogen (secondary N) is 1. The summed E-state index contributed by atoms with van der Waals surface area (Å²) < 4.78 is 51.2. The van der Waals surface area contributed by atoms with E-state index in [9.17, 15) is 17.2 Å². The van der Waals surface area contributed by atoms with E-state index in [1.165, 1.54) is 0 Å². The largest absolute Gasteiger partial charge is 0.280 e. The lowest BCUT2D eigenvalue weighted by Crippen LogP contribution is -2.22. The lowest BCUT2D eigenvalue weighted by molar-refractivity contribution is 0.584. The molecule has 1 aromatic rings. The number of rotatable bonds is 5. The van der Waals surface area contributed by atoms with Crippen LogP contribution in [0.2, 0.25) is 0 Å². The third kappa shape index (κ3) is 4.47. The molecule has 1 N–H and O–H groups in total. The van der Waals surface area contributed by atoms with Crippen molar-refractivity contribution in [2.45, 2.75) is 6.92 Å². The van der Waals surface area contributed by atoms with Gasteiger partial charge >= 0.3 is 0 Å². The summed E-state index contributed by atoms with van der Waals surface area (Å²) in [6.45, 7) is 1.65. The van der Waals surface area contributed by atoms with Gasteiger partial charge in [0.15, 0.2) is 0 Å². The first kappa shape index (κ1) is 14.2. The second-order valence-electron chi connectivity index (χ2n) is 3.77. The van der Waals surface area contributed by atoms with E-state index < -0.39 is 27.3 Å². The molecule has 0 saturated heterocycles. The average Bonchev–Trinajstić information content (AvgIpc) is 2.22. The molecule has 7 heteroatoms. The van der Waals surface area contributed by atoms with Crippen molar-refractivity contribution >= 4 is 27.3 Å². The number of alkyl halides is 1. The van der Waals surface area contributed by atoms with Crippen molar-refractivity contribution in [1.82, 2.24) is 0 Å². The first-order chi connectivity index (χ1) is 7.84. The summed E-state index contributed by atoms with van der Waals surface area (Å²) in [7, 11) is -3.73. The molecule has 96 valence electrons. The van der Waals surface area contributed by atoms with Gasteiger partial charge in [0.05, 0.1) is 11.4 Å². The SMILES string of the molecule is CC(CCl)CS(=O)(=O)Nc1cc(F)ccc1F. The Morgan fingerprint density at radius 2 is 2.06 bits per heavy atom. The number of halogens is 3. The maximum atomic E-state index is 13.2. The molecule has 0 fully saturated rings. The Morgan fingerprint density at radius 1 is 1.41 bits per heavy atom. The maximum Gasteiger partial charge on any atom is 0.233 e. The van der Waals surface area contributed by atoms with Crippen LogP contribution in [0, 0.1) is 17.6 Å². The minimum Gasteiger partial charge on any atom is -0.280 e. The summed E-state index contributed by atoms with van der Waals surface area (Å²) in [5.74, 6) is -1.88. The Balaban J connectivity index is 2.86. The fourth-order valence-electron chi connectivity index (χ4n) is 1.20. The van der Waals surface area contributed by atoms with Crippen molar-refractivity contribution in [3.8, 4) is 0 Å². The van der Waals surface area contributed by atoms with Gasteiger partial charge in [-0.25, -0.2) is 17.2 Å². The van der Waals surface area contributed by atoms with E-state index in [1.54, 1.807) is 6.92 Å². The van der Waals surface area contributed by atoms with Gasteiger partial charge in [0, 0.05) is 11.9 Å². The highest BCUT2D eigenvalue weighted by molar-refractivity contribution is 7.92. The summed E-state index contributed by atoms with van der Waals surface area (Å²) in [6.07, 6.45) is 0. The van der Waals surface area contributed by atoms with Crippen LogP contribution in [0.15, 0.2) is 18.2 Å². The predicted octanol–water partition coefficient (Wildman–Crippen LogP) is 2.58. The molecular weight excluding hydrogens is 272 g/mol. The first-order valence-corrected chi connectivity index (χ1v) is 7.04. The van der Waals surface area contributed by atoms with E-state index in [1.807, 2.05) is 4.72 Å².